The van der Waals surface area contributed by atoms with E-state index in [2.05, 4.69) is 10.6 Å². The van der Waals surface area contributed by atoms with Crippen LogP contribution in [-0.4, -0.2) is 48.6 Å². The van der Waals surface area contributed by atoms with Crippen LogP contribution in [0.4, 0.5) is 13.2 Å². The Morgan fingerprint density at radius 3 is 2.77 bits per heavy atom. The third-order valence-corrected chi connectivity index (χ3v) is 4.14. The molecule has 1 heterocycles. The molecule has 0 bridgehead atoms. The number of nitrogens with one attached hydrogen (secondary N) is 2. The van der Waals surface area contributed by atoms with E-state index < -0.39 is 23.9 Å². The largest absolute Gasteiger partial charge is 0.491 e. The summed E-state index contributed by atoms with van der Waals surface area (Å²) >= 11 is 0. The maximum Gasteiger partial charge on any atom is 0.416 e. The van der Waals surface area contributed by atoms with E-state index in [0.29, 0.717) is 13.0 Å². The molecule has 1 aliphatic rings. The molecule has 1 amide bonds. The van der Waals surface area contributed by atoms with Crippen molar-refractivity contribution in [3.63, 3.8) is 0 Å². The molecule has 1 saturated heterocycles. The van der Waals surface area contributed by atoms with Gasteiger partial charge >= 0.3 is 6.18 Å². The molecule has 1 aliphatic heterocycles. The van der Waals surface area contributed by atoms with Crippen LogP contribution in [0, 0.1) is 5.92 Å². The van der Waals surface area contributed by atoms with E-state index in [4.69, 9.17) is 4.74 Å². The van der Waals surface area contributed by atoms with E-state index >= 15 is 0 Å². The molecule has 0 aliphatic carbocycles. The Morgan fingerprint density at radius 2 is 2.15 bits per heavy atom. The first-order valence-electron chi connectivity index (χ1n) is 8.16. The second-order valence-corrected chi connectivity index (χ2v) is 6.24. The lowest BCUT2D eigenvalue weighted by Crippen LogP contribution is -2.44. The van der Waals surface area contributed by atoms with Crippen molar-refractivity contribution in [1.82, 2.24) is 10.6 Å². The number of ether oxygens (including phenoxy) is 1. The highest BCUT2D eigenvalue weighted by Crippen LogP contribution is 2.31. The van der Waals surface area contributed by atoms with Gasteiger partial charge < -0.3 is 20.5 Å². The number of Topliss-reactive ketones (excluding diaryl/α,β-unsaturated/α-hetero) is 1. The van der Waals surface area contributed by atoms with E-state index in [1.807, 2.05) is 0 Å². The number of halogens is 3. The van der Waals surface area contributed by atoms with Crippen molar-refractivity contribution in [2.24, 2.45) is 5.92 Å². The first-order chi connectivity index (χ1) is 12.2. The molecular formula is C17H21F3N2O4. The molecule has 9 heteroatoms. The highest BCUT2D eigenvalue weighted by Gasteiger charge is 2.32. The van der Waals surface area contributed by atoms with Gasteiger partial charge in [-0.15, -0.1) is 0 Å². The van der Waals surface area contributed by atoms with Crippen molar-refractivity contribution in [3.8, 4) is 5.75 Å². The van der Waals surface area contributed by atoms with Crippen LogP contribution < -0.4 is 15.4 Å². The lowest BCUT2D eigenvalue weighted by molar-refractivity contribution is -0.137. The van der Waals surface area contributed by atoms with Gasteiger partial charge in [-0.25, -0.2) is 0 Å². The van der Waals surface area contributed by atoms with Gasteiger partial charge in [-0.1, -0.05) is 6.07 Å². The summed E-state index contributed by atoms with van der Waals surface area (Å²) in [6, 6.07) is 3.83. The van der Waals surface area contributed by atoms with E-state index in [9.17, 15) is 27.9 Å². The smallest absolute Gasteiger partial charge is 0.416 e. The van der Waals surface area contributed by atoms with Crippen LogP contribution in [0.2, 0.25) is 0 Å². The second-order valence-electron chi connectivity index (χ2n) is 6.24. The molecule has 0 radical (unpaired) electrons. The Kier molecular flexibility index (Phi) is 6.60. The van der Waals surface area contributed by atoms with Crippen LogP contribution in [-0.2, 0) is 15.8 Å². The van der Waals surface area contributed by atoms with E-state index in [1.165, 1.54) is 19.1 Å². The fraction of sp³-hybridized carbons (Fsp3) is 0.529. The minimum atomic E-state index is -4.47. The minimum Gasteiger partial charge on any atom is -0.491 e. The molecule has 0 aromatic heterocycles. The Morgan fingerprint density at radius 1 is 1.42 bits per heavy atom. The predicted molar refractivity (Wildman–Crippen MR) is 86.5 cm³/mol. The van der Waals surface area contributed by atoms with Crippen LogP contribution >= 0.6 is 0 Å². The van der Waals surface area contributed by atoms with Gasteiger partial charge in [-0.2, -0.15) is 13.2 Å². The van der Waals surface area contributed by atoms with Gasteiger partial charge in [0.15, 0.2) is 0 Å². The highest BCUT2D eigenvalue weighted by molar-refractivity contribution is 5.85. The van der Waals surface area contributed by atoms with Gasteiger partial charge in [-0.05, 0) is 31.5 Å². The number of hydrogen-bond acceptors (Lipinski definition) is 5. The van der Waals surface area contributed by atoms with Gasteiger partial charge in [-0.3, -0.25) is 9.59 Å². The van der Waals surface area contributed by atoms with Crippen LogP contribution in [0.5, 0.6) is 5.75 Å². The van der Waals surface area contributed by atoms with Crippen LogP contribution in [0.25, 0.3) is 0 Å². The van der Waals surface area contributed by atoms with Crippen molar-refractivity contribution >= 4 is 11.7 Å². The standard InChI is InChI=1S/C17H21F3N2O4/c1-10(23)11-5-15(21-7-11)16(25)22-8-13(24)9-26-14-4-2-3-12(6-14)17(18,19)20/h2-4,6,11,13,15,21,24H,5,7-9H2,1H3,(H,22,25). The minimum absolute atomic E-state index is 0.0160. The Hall–Kier alpha value is -2.13. The number of aliphatic hydroxyl groups excluding tert-OH is 1. The van der Waals surface area contributed by atoms with E-state index in [-0.39, 0.29) is 36.5 Å². The average Bonchev–Trinajstić information content (AvgIpc) is 3.08. The van der Waals surface area contributed by atoms with Gasteiger partial charge in [0.25, 0.3) is 0 Å². The molecule has 1 fully saturated rings. The van der Waals surface area contributed by atoms with E-state index in [1.54, 1.807) is 0 Å². The summed E-state index contributed by atoms with van der Waals surface area (Å²) < 4.78 is 43.0. The fourth-order valence-corrected chi connectivity index (χ4v) is 2.60. The predicted octanol–water partition coefficient (Wildman–Crippen LogP) is 1.13. The molecular weight excluding hydrogens is 353 g/mol. The zero-order valence-electron chi connectivity index (χ0n) is 14.2. The molecule has 3 atom stereocenters. The van der Waals surface area contributed by atoms with Crippen molar-refractivity contribution in [2.45, 2.75) is 31.7 Å². The quantitative estimate of drug-likeness (QED) is 0.666. The average molecular weight is 374 g/mol. The van der Waals surface area contributed by atoms with Crippen molar-refractivity contribution in [3.05, 3.63) is 29.8 Å². The molecule has 3 unspecified atom stereocenters. The Bertz CT molecular complexity index is 651. The Labute approximate surface area is 148 Å². The monoisotopic (exact) mass is 374 g/mol. The first kappa shape index (κ1) is 20.2. The van der Waals surface area contributed by atoms with Crippen molar-refractivity contribution in [2.75, 3.05) is 19.7 Å². The molecule has 144 valence electrons. The molecule has 26 heavy (non-hydrogen) atoms. The number of benzene rings is 1. The normalized spacial score (nSPS) is 21.3. The van der Waals surface area contributed by atoms with Gasteiger partial charge in [0.2, 0.25) is 5.91 Å². The fourth-order valence-electron chi connectivity index (χ4n) is 2.60. The van der Waals surface area contributed by atoms with Gasteiger partial charge in [0, 0.05) is 19.0 Å². The molecule has 0 spiro atoms. The number of carbonyl (C=O) groups is 2. The lowest BCUT2D eigenvalue weighted by atomic mass is 10.0. The Balaban J connectivity index is 1.75. The SMILES string of the molecule is CC(=O)C1CNC(C(=O)NCC(O)COc2cccc(C(F)(F)F)c2)C1. The summed E-state index contributed by atoms with van der Waals surface area (Å²) in [7, 11) is 0. The summed E-state index contributed by atoms with van der Waals surface area (Å²) in [5.74, 6) is -0.541. The number of hydrogen-bond donors (Lipinski definition) is 3. The van der Waals surface area contributed by atoms with Crippen LogP contribution in [0.3, 0.4) is 0 Å². The maximum atomic E-state index is 12.6. The van der Waals surface area contributed by atoms with Crippen LogP contribution in [0.1, 0.15) is 18.9 Å². The highest BCUT2D eigenvalue weighted by atomic mass is 19.4. The summed E-state index contributed by atoms with van der Waals surface area (Å²) in [5, 5.41) is 15.3. The van der Waals surface area contributed by atoms with Crippen LogP contribution in [0.15, 0.2) is 24.3 Å². The third-order valence-electron chi connectivity index (χ3n) is 4.14. The zero-order valence-corrected chi connectivity index (χ0v) is 14.2. The number of amides is 1. The van der Waals surface area contributed by atoms with Gasteiger partial charge in [0.1, 0.15) is 24.2 Å². The molecule has 2 rings (SSSR count). The topological polar surface area (TPSA) is 87.7 Å². The van der Waals surface area contributed by atoms with Gasteiger partial charge in [0.05, 0.1) is 11.6 Å². The second kappa shape index (κ2) is 8.50. The van der Waals surface area contributed by atoms with Crippen molar-refractivity contribution in [1.29, 1.82) is 0 Å². The summed E-state index contributed by atoms with van der Waals surface area (Å²) in [5.41, 5.74) is -0.842. The number of ketones is 1. The molecule has 0 saturated carbocycles. The molecule has 6 nitrogen and oxygen atoms in total. The van der Waals surface area contributed by atoms with E-state index in [0.717, 1.165) is 12.1 Å². The zero-order chi connectivity index (χ0) is 19.3. The summed E-state index contributed by atoms with van der Waals surface area (Å²) in [4.78, 5) is 23.3. The number of alkyl halides is 3. The lowest BCUT2D eigenvalue weighted by Gasteiger charge is -2.16. The maximum absolute atomic E-state index is 12.6. The number of rotatable bonds is 7. The summed E-state index contributed by atoms with van der Waals surface area (Å²) in [6.07, 6.45) is -5.16. The molecule has 1 aromatic rings. The third kappa shape index (κ3) is 5.70. The summed E-state index contributed by atoms with van der Waals surface area (Å²) in [6.45, 7) is 1.53. The first-order valence-corrected chi connectivity index (χ1v) is 8.16. The molecule has 1 aromatic carbocycles. The number of carbonyl (C=O) groups excluding carboxylic acids is 2. The number of aliphatic hydroxyl groups is 1. The van der Waals surface area contributed by atoms with Crippen molar-refractivity contribution < 1.29 is 32.6 Å². The molecule has 3 N–H and O–H groups in total.